The van der Waals surface area contributed by atoms with Gasteiger partial charge in [-0.1, -0.05) is 24.3 Å². The molecular formula is C34H37FN6O. The fourth-order valence-electron chi connectivity index (χ4n) is 7.37. The summed E-state index contributed by atoms with van der Waals surface area (Å²) in [5.74, 6) is 1.50. The van der Waals surface area contributed by atoms with Crippen molar-refractivity contribution >= 4 is 33.2 Å². The van der Waals surface area contributed by atoms with E-state index >= 15 is 4.39 Å². The molecule has 3 fully saturated rings. The van der Waals surface area contributed by atoms with E-state index < -0.39 is 0 Å². The Morgan fingerprint density at radius 2 is 1.81 bits per heavy atom. The number of hydrogen-bond donors (Lipinski definition) is 2. The zero-order valence-electron chi connectivity index (χ0n) is 24.5. The molecule has 2 atom stereocenters. The highest BCUT2D eigenvalue weighted by Crippen LogP contribution is 2.46. The molecule has 4 heterocycles. The van der Waals surface area contributed by atoms with Crippen LogP contribution >= 0.6 is 0 Å². The molecule has 3 saturated heterocycles. The van der Waals surface area contributed by atoms with Crippen LogP contribution in [0.2, 0.25) is 0 Å². The van der Waals surface area contributed by atoms with Gasteiger partial charge in [-0.2, -0.15) is 5.26 Å². The summed E-state index contributed by atoms with van der Waals surface area (Å²) in [6.07, 6.45) is 2.86. The largest absolute Gasteiger partial charge is 0.508 e. The van der Waals surface area contributed by atoms with Gasteiger partial charge in [-0.15, -0.1) is 0 Å². The maximum atomic E-state index is 17.4. The van der Waals surface area contributed by atoms with Gasteiger partial charge in [0.2, 0.25) is 0 Å². The zero-order chi connectivity index (χ0) is 29.1. The minimum absolute atomic E-state index is 0.0926. The Hall–Kier alpha value is -3.93. The standard InChI is InChI=1S/C34H37FN6O/c1-20-30-29(34(41-23-10-11-24(41)17-37-16-23)38-33(20)40-18-25(19-40)39(2)3)14-22(8-6-12-36)31(32(30)35)28-15-26(42)13-21-7-4-5-9-27(21)28/h4-5,7,9,13-15,23-25,37,42H,6,8,10-11,16-19H2,1-3H3. The Morgan fingerprint density at radius 1 is 1.07 bits per heavy atom. The molecule has 4 aromatic rings. The molecule has 0 amide bonds. The van der Waals surface area contributed by atoms with Crippen molar-refractivity contribution in [3.63, 3.8) is 0 Å². The van der Waals surface area contributed by atoms with E-state index in [0.29, 0.717) is 41.1 Å². The molecule has 3 aromatic carbocycles. The Labute approximate surface area is 246 Å². The Morgan fingerprint density at radius 3 is 2.52 bits per heavy atom. The number of rotatable bonds is 6. The van der Waals surface area contributed by atoms with E-state index in [0.717, 1.165) is 77.9 Å². The van der Waals surface area contributed by atoms with Crippen molar-refractivity contribution < 1.29 is 9.50 Å². The van der Waals surface area contributed by atoms with Gasteiger partial charge >= 0.3 is 0 Å². The van der Waals surface area contributed by atoms with Gasteiger partial charge < -0.3 is 25.1 Å². The molecule has 0 saturated carbocycles. The molecule has 0 spiro atoms. The third-order valence-corrected chi connectivity index (χ3v) is 9.65. The van der Waals surface area contributed by atoms with Gasteiger partial charge in [0, 0.05) is 72.6 Å². The summed E-state index contributed by atoms with van der Waals surface area (Å²) < 4.78 is 17.4. The number of hydrogen-bond acceptors (Lipinski definition) is 7. The predicted molar refractivity (Wildman–Crippen MR) is 167 cm³/mol. The molecule has 8 heteroatoms. The minimum atomic E-state index is -0.300. The van der Waals surface area contributed by atoms with E-state index in [2.05, 4.69) is 46.2 Å². The summed E-state index contributed by atoms with van der Waals surface area (Å²) >= 11 is 0. The van der Waals surface area contributed by atoms with Crippen LogP contribution in [0.15, 0.2) is 42.5 Å². The lowest BCUT2D eigenvalue weighted by Gasteiger charge is -2.45. The van der Waals surface area contributed by atoms with Crippen LogP contribution in [0.5, 0.6) is 5.75 Å². The number of nitrogens with one attached hydrogen (secondary N) is 1. The third-order valence-electron chi connectivity index (χ3n) is 9.65. The van der Waals surface area contributed by atoms with Gasteiger partial charge in [0.05, 0.1) is 6.07 Å². The lowest BCUT2D eigenvalue weighted by molar-refractivity contribution is 0.246. The number of nitrogens with zero attached hydrogens (tertiary/aromatic N) is 5. The minimum Gasteiger partial charge on any atom is -0.508 e. The molecule has 3 aliphatic rings. The number of halogens is 1. The number of aromatic nitrogens is 1. The fourth-order valence-corrected chi connectivity index (χ4v) is 7.37. The van der Waals surface area contributed by atoms with Crippen LogP contribution in [0.25, 0.3) is 32.7 Å². The van der Waals surface area contributed by atoms with E-state index in [9.17, 15) is 10.4 Å². The fraction of sp³-hybridized carbons (Fsp3) is 0.412. The van der Waals surface area contributed by atoms with E-state index in [1.165, 1.54) is 0 Å². The van der Waals surface area contributed by atoms with Crippen LogP contribution in [0.4, 0.5) is 16.0 Å². The molecule has 2 unspecified atom stereocenters. The van der Waals surface area contributed by atoms with E-state index in [1.54, 1.807) is 12.1 Å². The quantitative estimate of drug-likeness (QED) is 0.327. The molecule has 42 heavy (non-hydrogen) atoms. The number of likely N-dealkylation sites (N-methyl/N-ethyl adjacent to an activating group) is 1. The van der Waals surface area contributed by atoms with Crippen LogP contribution in [-0.4, -0.2) is 73.4 Å². The van der Waals surface area contributed by atoms with Gasteiger partial charge in [0.1, 0.15) is 23.2 Å². The number of phenolic OH excluding ortho intramolecular Hbond substituents is 1. The molecule has 7 nitrogen and oxygen atoms in total. The smallest absolute Gasteiger partial charge is 0.139 e. The molecule has 2 bridgehead atoms. The maximum absolute atomic E-state index is 17.4. The summed E-state index contributed by atoms with van der Waals surface area (Å²) in [6.45, 7) is 5.49. The Bertz CT molecular complexity index is 1720. The first kappa shape index (κ1) is 26.9. The number of phenols is 1. The Kier molecular flexibility index (Phi) is 6.68. The molecule has 3 aliphatic heterocycles. The lowest BCUT2D eigenvalue weighted by Crippen LogP contribution is -2.58. The predicted octanol–water partition coefficient (Wildman–Crippen LogP) is 5.36. The van der Waals surface area contributed by atoms with Crippen molar-refractivity contribution in [3.05, 3.63) is 59.4 Å². The average molecular weight is 565 g/mol. The van der Waals surface area contributed by atoms with Crippen LogP contribution in [0.3, 0.4) is 0 Å². The number of piperazine rings is 1. The van der Waals surface area contributed by atoms with Gasteiger partial charge in [0.15, 0.2) is 0 Å². The summed E-state index contributed by atoms with van der Waals surface area (Å²) in [7, 11) is 4.20. The van der Waals surface area contributed by atoms with Crippen LogP contribution in [0.1, 0.15) is 30.4 Å². The first-order valence-corrected chi connectivity index (χ1v) is 15.0. The van der Waals surface area contributed by atoms with E-state index in [-0.39, 0.29) is 18.0 Å². The van der Waals surface area contributed by atoms with Crippen molar-refractivity contribution in [2.75, 3.05) is 50.1 Å². The van der Waals surface area contributed by atoms with Crippen LogP contribution < -0.4 is 15.1 Å². The second-order valence-corrected chi connectivity index (χ2v) is 12.4. The summed E-state index contributed by atoms with van der Waals surface area (Å²) in [5.41, 5.74) is 2.72. The van der Waals surface area contributed by atoms with Crippen molar-refractivity contribution in [3.8, 4) is 22.9 Å². The van der Waals surface area contributed by atoms with E-state index in [1.807, 2.05) is 31.2 Å². The van der Waals surface area contributed by atoms with Gasteiger partial charge in [-0.05, 0) is 80.4 Å². The maximum Gasteiger partial charge on any atom is 0.139 e. The summed E-state index contributed by atoms with van der Waals surface area (Å²) in [6, 6.07) is 16.6. The zero-order valence-corrected chi connectivity index (χ0v) is 24.5. The van der Waals surface area contributed by atoms with Crippen molar-refractivity contribution in [1.82, 2.24) is 15.2 Å². The number of benzene rings is 3. The van der Waals surface area contributed by atoms with Gasteiger partial charge in [0.25, 0.3) is 0 Å². The number of pyridine rings is 1. The van der Waals surface area contributed by atoms with Crippen LogP contribution in [0, 0.1) is 24.1 Å². The lowest BCUT2D eigenvalue weighted by atomic mass is 9.88. The number of aryl methyl sites for hydroxylation is 2. The van der Waals surface area contributed by atoms with Crippen molar-refractivity contribution in [1.29, 1.82) is 5.26 Å². The normalized spacial score (nSPS) is 20.5. The highest BCUT2D eigenvalue weighted by Gasteiger charge is 2.40. The van der Waals surface area contributed by atoms with Crippen molar-refractivity contribution in [2.24, 2.45) is 0 Å². The number of aromatic hydroxyl groups is 1. The third kappa shape index (κ3) is 4.26. The van der Waals surface area contributed by atoms with Crippen molar-refractivity contribution in [2.45, 2.75) is 50.7 Å². The van der Waals surface area contributed by atoms with Gasteiger partial charge in [-0.25, -0.2) is 9.37 Å². The topological polar surface area (TPSA) is 78.7 Å². The molecule has 1 aromatic heterocycles. The first-order chi connectivity index (χ1) is 20.4. The number of fused-ring (bicyclic) bond motifs is 4. The van der Waals surface area contributed by atoms with Crippen LogP contribution in [-0.2, 0) is 6.42 Å². The average Bonchev–Trinajstić information content (AvgIpc) is 3.18. The SMILES string of the molecule is Cc1c(N2CC(N(C)C)C2)nc(N2C3CCC2CNC3)c2cc(CCC#N)c(-c3cc(O)cc4ccccc34)c(F)c12. The molecule has 0 radical (unpaired) electrons. The molecule has 0 aliphatic carbocycles. The number of nitriles is 1. The second kappa shape index (κ2) is 10.4. The molecular weight excluding hydrogens is 527 g/mol. The highest BCUT2D eigenvalue weighted by molar-refractivity contribution is 6.05. The summed E-state index contributed by atoms with van der Waals surface area (Å²) in [4.78, 5) is 12.3. The second-order valence-electron chi connectivity index (χ2n) is 12.4. The molecule has 216 valence electrons. The molecule has 7 rings (SSSR count). The monoisotopic (exact) mass is 564 g/mol. The highest BCUT2D eigenvalue weighted by atomic mass is 19.1. The first-order valence-electron chi connectivity index (χ1n) is 15.0. The van der Waals surface area contributed by atoms with E-state index in [4.69, 9.17) is 4.98 Å². The number of anilines is 2. The summed E-state index contributed by atoms with van der Waals surface area (Å²) in [5, 5.41) is 26.9. The van der Waals surface area contributed by atoms with Gasteiger partial charge in [-0.3, -0.25) is 0 Å². The Balaban J connectivity index is 1.52. The molecule has 2 N–H and O–H groups in total.